The van der Waals surface area contributed by atoms with Crippen molar-refractivity contribution in [3.05, 3.63) is 65.2 Å². The minimum Gasteiger partial charge on any atom is -0.489 e. The van der Waals surface area contributed by atoms with Gasteiger partial charge in [-0.05, 0) is 30.5 Å². The highest BCUT2D eigenvalue weighted by molar-refractivity contribution is 5.39. The van der Waals surface area contributed by atoms with E-state index in [2.05, 4.69) is 31.2 Å². The van der Waals surface area contributed by atoms with Gasteiger partial charge in [0.2, 0.25) is 0 Å². The molecule has 0 spiro atoms. The molecule has 0 saturated carbocycles. The number of aliphatic hydroxyl groups is 1. The van der Waals surface area contributed by atoms with Crippen molar-refractivity contribution in [1.82, 2.24) is 0 Å². The Morgan fingerprint density at radius 1 is 1.18 bits per heavy atom. The van der Waals surface area contributed by atoms with Crippen LogP contribution in [0.1, 0.15) is 35.6 Å². The van der Waals surface area contributed by atoms with E-state index < -0.39 is 0 Å². The second kappa shape index (κ2) is 6.95. The summed E-state index contributed by atoms with van der Waals surface area (Å²) in [5.41, 5.74) is 3.32. The van der Waals surface area contributed by atoms with Crippen LogP contribution in [0.25, 0.3) is 0 Å². The lowest BCUT2D eigenvalue weighted by Gasteiger charge is -2.28. The minimum absolute atomic E-state index is 0.0878. The quantitative estimate of drug-likeness (QED) is 0.933. The molecule has 2 aromatic carbocycles. The maximum atomic E-state index is 9.87. The smallest absolute Gasteiger partial charge is 0.125 e. The van der Waals surface area contributed by atoms with E-state index in [-0.39, 0.29) is 12.2 Å². The Morgan fingerprint density at radius 2 is 2.00 bits per heavy atom. The summed E-state index contributed by atoms with van der Waals surface area (Å²) in [6.07, 6.45) is 0.963. The maximum absolute atomic E-state index is 9.87. The summed E-state index contributed by atoms with van der Waals surface area (Å²) >= 11 is 0. The molecular weight excluding hydrogens is 276 g/mol. The predicted octanol–water partition coefficient (Wildman–Crippen LogP) is 3.79. The molecule has 116 valence electrons. The standard InChI is InChI=1S/C19H22O3/c1-14-7-8-17(19-12-16(20)9-10-21-19)18(11-14)22-13-15-5-3-2-4-6-15/h2-8,11,16,19-20H,9-10,12-13H2,1H3. The third-order valence-corrected chi connectivity index (χ3v) is 4.01. The van der Waals surface area contributed by atoms with E-state index in [9.17, 15) is 5.11 Å². The molecule has 2 atom stereocenters. The number of ether oxygens (including phenoxy) is 2. The first kappa shape index (κ1) is 15.1. The normalized spacial score (nSPS) is 21.5. The monoisotopic (exact) mass is 298 g/mol. The van der Waals surface area contributed by atoms with Gasteiger partial charge in [-0.3, -0.25) is 0 Å². The lowest BCUT2D eigenvalue weighted by Crippen LogP contribution is -2.23. The van der Waals surface area contributed by atoms with Crippen molar-refractivity contribution in [3.8, 4) is 5.75 Å². The van der Waals surface area contributed by atoms with Crippen molar-refractivity contribution in [2.24, 2.45) is 0 Å². The Balaban J connectivity index is 1.78. The summed E-state index contributed by atoms with van der Waals surface area (Å²) in [4.78, 5) is 0. The van der Waals surface area contributed by atoms with Gasteiger partial charge in [0.05, 0.1) is 12.2 Å². The summed E-state index contributed by atoms with van der Waals surface area (Å²) in [5, 5.41) is 9.87. The van der Waals surface area contributed by atoms with Crippen LogP contribution in [-0.4, -0.2) is 17.8 Å². The van der Waals surface area contributed by atoms with Crippen LogP contribution in [0.3, 0.4) is 0 Å². The highest BCUT2D eigenvalue weighted by atomic mass is 16.5. The van der Waals surface area contributed by atoms with Gasteiger partial charge in [0.15, 0.2) is 0 Å². The Hall–Kier alpha value is -1.84. The van der Waals surface area contributed by atoms with Crippen LogP contribution in [-0.2, 0) is 11.3 Å². The Kier molecular flexibility index (Phi) is 4.76. The van der Waals surface area contributed by atoms with Gasteiger partial charge in [0.1, 0.15) is 12.4 Å². The molecule has 1 heterocycles. The van der Waals surface area contributed by atoms with E-state index in [4.69, 9.17) is 9.47 Å². The average Bonchev–Trinajstić information content (AvgIpc) is 2.54. The molecule has 0 amide bonds. The molecule has 1 saturated heterocycles. The molecule has 1 aliphatic rings. The number of benzene rings is 2. The molecule has 0 radical (unpaired) electrons. The second-order valence-electron chi connectivity index (χ2n) is 5.85. The van der Waals surface area contributed by atoms with E-state index in [0.717, 1.165) is 22.4 Å². The molecule has 1 fully saturated rings. The zero-order valence-corrected chi connectivity index (χ0v) is 12.9. The summed E-state index contributed by atoms with van der Waals surface area (Å²) in [7, 11) is 0. The van der Waals surface area contributed by atoms with Crippen LogP contribution >= 0.6 is 0 Å². The fraction of sp³-hybridized carbons (Fsp3) is 0.368. The Labute approximate surface area is 131 Å². The van der Waals surface area contributed by atoms with Gasteiger partial charge in [-0.1, -0.05) is 42.5 Å². The van der Waals surface area contributed by atoms with Crippen LogP contribution < -0.4 is 4.74 Å². The molecule has 0 aromatic heterocycles. The van der Waals surface area contributed by atoms with Crippen molar-refractivity contribution in [2.45, 2.75) is 38.6 Å². The SMILES string of the molecule is Cc1ccc(C2CC(O)CCO2)c(OCc2ccccc2)c1. The van der Waals surface area contributed by atoms with Crippen LogP contribution in [0.4, 0.5) is 0 Å². The van der Waals surface area contributed by atoms with Crippen molar-refractivity contribution in [1.29, 1.82) is 0 Å². The first-order chi connectivity index (χ1) is 10.7. The number of hydrogen-bond acceptors (Lipinski definition) is 3. The van der Waals surface area contributed by atoms with Gasteiger partial charge in [-0.15, -0.1) is 0 Å². The van der Waals surface area contributed by atoms with Crippen molar-refractivity contribution < 1.29 is 14.6 Å². The zero-order chi connectivity index (χ0) is 15.4. The molecule has 0 aliphatic carbocycles. The molecule has 1 N–H and O–H groups in total. The third-order valence-electron chi connectivity index (χ3n) is 4.01. The maximum Gasteiger partial charge on any atom is 0.125 e. The predicted molar refractivity (Wildman–Crippen MR) is 85.9 cm³/mol. The molecule has 2 aromatic rings. The molecule has 3 rings (SSSR count). The molecule has 22 heavy (non-hydrogen) atoms. The van der Waals surface area contributed by atoms with Gasteiger partial charge in [0.25, 0.3) is 0 Å². The summed E-state index contributed by atoms with van der Waals surface area (Å²) < 4.78 is 11.9. The van der Waals surface area contributed by atoms with Gasteiger partial charge in [0, 0.05) is 18.6 Å². The van der Waals surface area contributed by atoms with Crippen LogP contribution in [0, 0.1) is 6.92 Å². The van der Waals surface area contributed by atoms with Crippen LogP contribution in [0.5, 0.6) is 5.75 Å². The molecular formula is C19H22O3. The Morgan fingerprint density at radius 3 is 2.77 bits per heavy atom. The van der Waals surface area contributed by atoms with Crippen LogP contribution in [0.2, 0.25) is 0 Å². The van der Waals surface area contributed by atoms with E-state index in [1.54, 1.807) is 0 Å². The summed E-state index contributed by atoms with van der Waals surface area (Å²) in [6, 6.07) is 16.3. The molecule has 2 unspecified atom stereocenters. The van der Waals surface area contributed by atoms with Crippen molar-refractivity contribution in [2.75, 3.05) is 6.61 Å². The van der Waals surface area contributed by atoms with E-state index in [0.29, 0.717) is 26.1 Å². The van der Waals surface area contributed by atoms with Gasteiger partial charge < -0.3 is 14.6 Å². The average molecular weight is 298 g/mol. The van der Waals surface area contributed by atoms with Gasteiger partial charge >= 0.3 is 0 Å². The largest absolute Gasteiger partial charge is 0.489 e. The van der Waals surface area contributed by atoms with Gasteiger partial charge in [-0.25, -0.2) is 0 Å². The summed E-state index contributed by atoms with van der Waals surface area (Å²) in [5.74, 6) is 0.850. The topological polar surface area (TPSA) is 38.7 Å². The molecule has 3 heteroatoms. The lowest BCUT2D eigenvalue weighted by atomic mass is 9.97. The first-order valence-electron chi connectivity index (χ1n) is 7.79. The number of aliphatic hydroxyl groups excluding tert-OH is 1. The fourth-order valence-corrected chi connectivity index (χ4v) is 2.76. The highest BCUT2D eigenvalue weighted by Gasteiger charge is 2.25. The highest BCUT2D eigenvalue weighted by Crippen LogP contribution is 2.35. The van der Waals surface area contributed by atoms with Gasteiger partial charge in [-0.2, -0.15) is 0 Å². The summed E-state index contributed by atoms with van der Waals surface area (Å²) in [6.45, 7) is 3.18. The lowest BCUT2D eigenvalue weighted by molar-refractivity contribution is -0.0458. The molecule has 3 nitrogen and oxygen atoms in total. The minimum atomic E-state index is -0.290. The van der Waals surface area contributed by atoms with E-state index >= 15 is 0 Å². The van der Waals surface area contributed by atoms with E-state index in [1.807, 2.05) is 24.3 Å². The van der Waals surface area contributed by atoms with Crippen LogP contribution in [0.15, 0.2) is 48.5 Å². The molecule has 0 bridgehead atoms. The van der Waals surface area contributed by atoms with E-state index in [1.165, 1.54) is 0 Å². The number of aryl methyl sites for hydroxylation is 1. The third kappa shape index (κ3) is 3.67. The van der Waals surface area contributed by atoms with Crippen molar-refractivity contribution >= 4 is 0 Å². The zero-order valence-electron chi connectivity index (χ0n) is 12.9. The molecule has 1 aliphatic heterocycles. The second-order valence-corrected chi connectivity index (χ2v) is 5.85. The number of hydrogen-bond donors (Lipinski definition) is 1. The van der Waals surface area contributed by atoms with Crippen molar-refractivity contribution in [3.63, 3.8) is 0 Å². The Bertz CT molecular complexity index is 609. The number of rotatable bonds is 4. The first-order valence-corrected chi connectivity index (χ1v) is 7.79. The fourth-order valence-electron chi connectivity index (χ4n) is 2.76.